The van der Waals surface area contributed by atoms with Crippen LogP contribution in [0.15, 0.2) is 0 Å². The van der Waals surface area contributed by atoms with Gasteiger partial charge in [0, 0.05) is 213 Å². The molecule has 0 atom stereocenters. The van der Waals surface area contributed by atoms with E-state index < -0.39 is 36.4 Å². The summed E-state index contributed by atoms with van der Waals surface area (Å²) in [5.41, 5.74) is -2.92. The van der Waals surface area contributed by atoms with Crippen LogP contribution in [0.5, 0.6) is 0 Å². The lowest BCUT2D eigenvalue weighted by molar-refractivity contribution is -0.169. The van der Waals surface area contributed by atoms with Gasteiger partial charge in [-0.3, -0.25) is 9.59 Å². The predicted molar refractivity (Wildman–Crippen MR) is 292 cm³/mol. The highest BCUT2D eigenvalue weighted by atomic mass is 16.6. The smallest absolute Gasteiger partial charge is 0.353 e. The van der Waals surface area contributed by atoms with Crippen molar-refractivity contribution in [3.8, 4) is 393 Å². The van der Waals surface area contributed by atoms with Gasteiger partial charge < -0.3 is 19.3 Å². The van der Waals surface area contributed by atoms with E-state index in [1.54, 1.807) is 0 Å². The number of terminal acetylenes is 3. The van der Waals surface area contributed by atoms with Crippen LogP contribution in [0.3, 0.4) is 0 Å². The van der Waals surface area contributed by atoms with Crippen molar-refractivity contribution in [1.29, 1.82) is 0 Å². The van der Waals surface area contributed by atoms with Crippen molar-refractivity contribution in [2.45, 2.75) is 18.4 Å². The molecule has 0 spiro atoms. The Bertz CT molecular complexity index is 4620. The zero-order valence-electron chi connectivity index (χ0n) is 39.5. The molecule has 7 heteroatoms. The lowest BCUT2D eigenvalue weighted by Crippen LogP contribution is -2.44. The van der Waals surface area contributed by atoms with Crippen LogP contribution >= 0.6 is 0 Å². The molecule has 7 nitrogen and oxygen atoms in total. The van der Waals surface area contributed by atoms with E-state index in [0.717, 1.165) is 0 Å². The molecule has 0 fully saturated rings. The van der Waals surface area contributed by atoms with Gasteiger partial charge in [0.05, 0.1) is 12.8 Å². The molecule has 0 aliphatic carbocycles. The Kier molecular flexibility index (Phi) is 40.8. The van der Waals surface area contributed by atoms with E-state index >= 15 is 0 Å². The fourth-order valence-electron chi connectivity index (χ4n) is 2.87. The molecule has 0 rings (SSSR count). The highest BCUT2D eigenvalue weighted by Crippen LogP contribution is 2.19. The molecule has 0 radical (unpaired) electrons. The van der Waals surface area contributed by atoms with Gasteiger partial charge in [0.25, 0.3) is 0 Å². The zero-order chi connectivity index (χ0) is 57.3. The summed E-state index contributed by atoms with van der Waals surface area (Å²) >= 11 is 0. The van der Waals surface area contributed by atoms with Crippen LogP contribution in [-0.2, 0) is 28.6 Å². The van der Waals surface area contributed by atoms with Crippen LogP contribution in [0.25, 0.3) is 0 Å². The molecule has 0 unspecified atom stereocenters. The Labute approximate surface area is 460 Å². The summed E-state index contributed by atoms with van der Waals surface area (Å²) in [5.74, 6) is 138. The van der Waals surface area contributed by atoms with Crippen LogP contribution in [0, 0.1) is 393 Å². The van der Waals surface area contributed by atoms with E-state index in [9.17, 15) is 19.5 Å². The first-order valence-electron chi connectivity index (χ1n) is 19.6. The molecule has 0 amide bonds. The van der Waals surface area contributed by atoms with E-state index in [4.69, 9.17) is 24.0 Å². The largest absolute Gasteiger partial charge is 0.377 e. The first-order valence-corrected chi connectivity index (χ1v) is 19.6. The molecule has 0 bridgehead atoms. The van der Waals surface area contributed by atoms with Crippen molar-refractivity contribution >= 4 is 17.9 Å². The highest BCUT2D eigenvalue weighted by Gasteiger charge is 2.43. The van der Waals surface area contributed by atoms with Crippen LogP contribution in [0.2, 0.25) is 0 Å². The third kappa shape index (κ3) is 46.7. The SMILES string of the molecule is C#CC#CC#CC#CC#CC#CC#CC#CC#CC#CC#COC(=O)CC(O)(CC(=O)OC#CC#CC#CC#CC#CC#CC#CC#CC#CC#CC#C)C(=O)OC#CC#CC#CC#CC#CC#CC#CC#CC#CC#CC#C. The van der Waals surface area contributed by atoms with Crippen molar-refractivity contribution in [2.75, 3.05) is 0 Å². The fraction of sp³-hybridized carbons (Fsp3) is 0.0417. The summed E-state index contributed by atoms with van der Waals surface area (Å²) in [6, 6.07) is 0. The topological polar surface area (TPSA) is 99.1 Å². The zero-order valence-corrected chi connectivity index (χ0v) is 39.5. The number of carbonyl (C=O) groups excluding carboxylic acids is 3. The third-order valence-electron chi connectivity index (χ3n) is 5.47. The minimum Gasteiger partial charge on any atom is -0.377 e. The van der Waals surface area contributed by atoms with Crippen molar-refractivity contribution in [3.05, 3.63) is 0 Å². The Morgan fingerprint density at radius 2 is 0.380 bits per heavy atom. The molecule has 338 valence electrons. The minimum atomic E-state index is -2.92. The van der Waals surface area contributed by atoms with E-state index in [1.807, 2.05) is 18.3 Å². The maximum atomic E-state index is 12.9. The fourth-order valence-corrected chi connectivity index (χ4v) is 2.87. The summed E-state index contributed by atoms with van der Waals surface area (Å²) in [6.07, 6.45) is 18.3. The first-order chi connectivity index (χ1) is 38.9. The van der Waals surface area contributed by atoms with Gasteiger partial charge in [-0.1, -0.05) is 0 Å². The van der Waals surface area contributed by atoms with Gasteiger partial charge in [0.1, 0.15) is 18.3 Å². The summed E-state index contributed by atoms with van der Waals surface area (Å²) in [7, 11) is 0. The summed E-state index contributed by atoms with van der Waals surface area (Å²) in [6.45, 7) is 0. The van der Waals surface area contributed by atoms with Crippen LogP contribution in [0.4, 0.5) is 0 Å². The van der Waals surface area contributed by atoms with Crippen molar-refractivity contribution < 1.29 is 33.7 Å². The molecule has 0 aromatic rings. The normalized spacial score (nSPS) is 5.24. The molecule has 79 heavy (non-hydrogen) atoms. The molecule has 0 aliphatic rings. The summed E-state index contributed by atoms with van der Waals surface area (Å²) in [4.78, 5) is 38.0. The minimum absolute atomic E-state index is 1.19. The van der Waals surface area contributed by atoms with Crippen LogP contribution in [0.1, 0.15) is 12.8 Å². The highest BCUT2D eigenvalue weighted by molar-refractivity contribution is 5.91. The monoisotopic (exact) mass is 984 g/mol. The van der Waals surface area contributed by atoms with E-state index in [1.165, 1.54) is 0 Å². The van der Waals surface area contributed by atoms with Gasteiger partial charge in [0.15, 0.2) is 5.60 Å². The second kappa shape index (κ2) is 51.2. The lowest BCUT2D eigenvalue weighted by atomic mass is 9.96. The summed E-state index contributed by atoms with van der Waals surface area (Å²) < 4.78 is 14.1. The maximum absolute atomic E-state index is 12.9. The first kappa shape index (κ1) is 62.8. The molecular formula is C72H8O7. The summed E-state index contributed by atoms with van der Waals surface area (Å²) in [5, 5.41) is 11.1. The third-order valence-corrected chi connectivity index (χ3v) is 5.47. The van der Waals surface area contributed by atoms with Crippen molar-refractivity contribution in [1.82, 2.24) is 0 Å². The van der Waals surface area contributed by atoms with E-state index in [2.05, 4.69) is 365 Å². The predicted octanol–water partition coefficient (Wildman–Crippen LogP) is -0.999. The standard InChI is InChI=1S/C72H8O7/c1-4-7-10-13-16-19-22-25-28-31-34-37-40-43-46-49-52-55-58-61-64-77-69(73)67-72(76,71(75)79-66-63-60-57-54-51-48-45-42-39-36-33-30-27-24-21-18-15-12-9-6-3)68-70(74)78-65-62-59-56-53-50-47-44-41-38-35-32-29-26-23-20-17-14-11-8-5-2/h1-3,76H,67-68H2. The maximum Gasteiger partial charge on any atom is 0.353 e. The number of hydrogen-bond donors (Lipinski definition) is 1. The van der Waals surface area contributed by atoms with Crippen molar-refractivity contribution in [3.63, 3.8) is 0 Å². The Hall–Kier alpha value is -16.2. The number of hydrogen-bond acceptors (Lipinski definition) is 7. The number of carbonyl (C=O) groups is 3. The number of rotatable bonds is 5. The number of aliphatic hydroxyl groups is 1. The average Bonchev–Trinajstić information content (AvgIpc) is 3.44. The number of ether oxygens (including phenoxy) is 3. The second-order valence-corrected chi connectivity index (χ2v) is 10.6. The van der Waals surface area contributed by atoms with Gasteiger partial charge in [0.2, 0.25) is 0 Å². The Morgan fingerprint density at radius 3 is 0.544 bits per heavy atom. The molecule has 0 aromatic heterocycles. The quantitative estimate of drug-likeness (QED) is 0.215. The van der Waals surface area contributed by atoms with Crippen LogP contribution in [-0.4, -0.2) is 28.6 Å². The molecule has 1 N–H and O–H groups in total. The second-order valence-electron chi connectivity index (χ2n) is 10.6. The average molecular weight is 985 g/mol. The van der Waals surface area contributed by atoms with E-state index in [-0.39, 0.29) is 0 Å². The van der Waals surface area contributed by atoms with Crippen LogP contribution < -0.4 is 0 Å². The van der Waals surface area contributed by atoms with Gasteiger partial charge in [-0.25, -0.2) is 4.79 Å². The molecule has 0 aliphatic heterocycles. The van der Waals surface area contributed by atoms with Gasteiger partial charge in [-0.2, -0.15) is 0 Å². The Morgan fingerprint density at radius 1 is 0.241 bits per heavy atom. The molecule has 0 saturated carbocycles. The molecular weight excluding hydrogens is 977 g/mol. The molecule has 0 aromatic carbocycles. The lowest BCUT2D eigenvalue weighted by Gasteiger charge is -2.21. The molecule has 0 heterocycles. The van der Waals surface area contributed by atoms with Crippen molar-refractivity contribution in [2.24, 2.45) is 0 Å². The Balaban J connectivity index is 5.87. The molecule has 0 saturated heterocycles. The van der Waals surface area contributed by atoms with E-state index in [0.29, 0.717) is 0 Å². The van der Waals surface area contributed by atoms with Gasteiger partial charge >= 0.3 is 17.9 Å². The van der Waals surface area contributed by atoms with Gasteiger partial charge in [-0.15, -0.1) is 19.3 Å². The number of esters is 3. The van der Waals surface area contributed by atoms with Gasteiger partial charge in [-0.05, 0) is 142 Å².